The van der Waals surface area contributed by atoms with Crippen LogP contribution in [0.2, 0.25) is 0 Å². The largest absolute Gasteiger partial charge is 0.456 e. The van der Waals surface area contributed by atoms with Crippen LogP contribution in [0.1, 0.15) is 5.56 Å². The average Bonchev–Trinajstić information content (AvgIpc) is 2.39. The van der Waals surface area contributed by atoms with Gasteiger partial charge in [-0.15, -0.1) is 0 Å². The zero-order valence-electron chi connectivity index (χ0n) is 9.26. The molecule has 82 valence electrons. The summed E-state index contributed by atoms with van der Waals surface area (Å²) in [7, 11) is 0. The van der Waals surface area contributed by atoms with E-state index >= 15 is 0 Å². The SMILES string of the molecule is [NH2+]=C1C=CC(=C2C=Cc3ccccc3O2)C=C1. The summed E-state index contributed by atoms with van der Waals surface area (Å²) in [5, 5.41) is 5.66. The highest BCUT2D eigenvalue weighted by atomic mass is 16.5. The van der Waals surface area contributed by atoms with Gasteiger partial charge in [0.05, 0.1) is 0 Å². The molecule has 2 nitrogen and oxygen atoms in total. The summed E-state index contributed by atoms with van der Waals surface area (Å²) >= 11 is 0. The van der Waals surface area contributed by atoms with Crippen LogP contribution >= 0.6 is 0 Å². The van der Waals surface area contributed by atoms with Gasteiger partial charge >= 0.3 is 0 Å². The molecular weight excluding hydrogens is 210 g/mol. The van der Waals surface area contributed by atoms with Crippen LogP contribution in [0.15, 0.2) is 66.0 Å². The molecule has 1 aliphatic carbocycles. The van der Waals surface area contributed by atoms with E-state index in [2.05, 4.69) is 6.08 Å². The summed E-state index contributed by atoms with van der Waals surface area (Å²) in [4.78, 5) is 0. The fourth-order valence-electron chi connectivity index (χ4n) is 1.83. The molecule has 0 unspecified atom stereocenters. The van der Waals surface area contributed by atoms with Gasteiger partial charge in [-0.3, -0.25) is 5.41 Å². The van der Waals surface area contributed by atoms with Gasteiger partial charge in [-0.2, -0.15) is 0 Å². The van der Waals surface area contributed by atoms with Crippen LogP contribution < -0.4 is 10.1 Å². The Morgan fingerprint density at radius 2 is 1.59 bits per heavy atom. The van der Waals surface area contributed by atoms with Crippen molar-refractivity contribution in [3.8, 4) is 5.75 Å². The van der Waals surface area contributed by atoms with Gasteiger partial charge in [0.1, 0.15) is 11.5 Å². The van der Waals surface area contributed by atoms with E-state index in [4.69, 9.17) is 10.1 Å². The molecule has 1 heterocycles. The second kappa shape index (κ2) is 3.91. The lowest BCUT2D eigenvalue weighted by Crippen LogP contribution is -2.37. The van der Waals surface area contributed by atoms with Gasteiger partial charge in [0.2, 0.25) is 0 Å². The lowest BCUT2D eigenvalue weighted by atomic mass is 10.0. The van der Waals surface area contributed by atoms with Crippen molar-refractivity contribution in [3.63, 3.8) is 0 Å². The molecule has 0 atom stereocenters. The fraction of sp³-hybridized carbons (Fsp3) is 0. The summed E-state index contributed by atoms with van der Waals surface area (Å²) in [5.41, 5.74) is 2.89. The van der Waals surface area contributed by atoms with E-state index in [1.807, 2.05) is 54.6 Å². The van der Waals surface area contributed by atoms with E-state index < -0.39 is 0 Å². The molecule has 3 rings (SSSR count). The van der Waals surface area contributed by atoms with Crippen LogP contribution in [-0.2, 0) is 0 Å². The van der Waals surface area contributed by atoms with Crippen molar-refractivity contribution >= 4 is 11.8 Å². The molecule has 0 saturated heterocycles. The smallest absolute Gasteiger partial charge is 0.196 e. The topological polar surface area (TPSA) is 34.8 Å². The van der Waals surface area contributed by atoms with Crippen molar-refractivity contribution in [3.05, 3.63) is 71.5 Å². The maximum Gasteiger partial charge on any atom is 0.196 e. The third-order valence-electron chi connectivity index (χ3n) is 2.75. The van der Waals surface area contributed by atoms with Crippen molar-refractivity contribution in [2.75, 3.05) is 0 Å². The molecule has 1 aromatic rings. The minimum absolute atomic E-state index is 0.759. The summed E-state index contributed by atoms with van der Waals surface area (Å²) in [6.07, 6.45) is 11.7. The van der Waals surface area contributed by atoms with E-state index in [1.165, 1.54) is 0 Å². The quantitative estimate of drug-likeness (QED) is 0.712. The molecule has 0 radical (unpaired) electrons. The Hall–Kier alpha value is -2.35. The Morgan fingerprint density at radius 1 is 0.824 bits per heavy atom. The third-order valence-corrected chi connectivity index (χ3v) is 2.75. The first-order valence-corrected chi connectivity index (χ1v) is 5.51. The monoisotopic (exact) mass is 222 g/mol. The molecule has 1 aliphatic heterocycles. The van der Waals surface area contributed by atoms with Crippen LogP contribution in [0, 0.1) is 0 Å². The Balaban J connectivity index is 2.00. The first-order valence-electron chi connectivity index (χ1n) is 5.51. The van der Waals surface area contributed by atoms with Crippen LogP contribution in [0.4, 0.5) is 0 Å². The lowest BCUT2D eigenvalue weighted by molar-refractivity contribution is -0.110. The van der Waals surface area contributed by atoms with E-state index in [1.54, 1.807) is 0 Å². The first-order chi connectivity index (χ1) is 8.33. The van der Waals surface area contributed by atoms with Crippen molar-refractivity contribution in [2.45, 2.75) is 0 Å². The number of allylic oxidation sites excluding steroid dienone is 6. The number of fused-ring (bicyclic) bond motifs is 1. The number of benzene rings is 1. The average molecular weight is 222 g/mol. The molecule has 2 aliphatic rings. The number of hydrogen-bond donors (Lipinski definition) is 1. The number of rotatable bonds is 0. The standard InChI is InChI=1S/C15H11NO/c16-13-8-5-12(6-9-13)15-10-7-11-3-1-2-4-14(11)17-15/h1-10,16H/p+1. The highest BCUT2D eigenvalue weighted by Gasteiger charge is 2.12. The van der Waals surface area contributed by atoms with Crippen LogP contribution in [-0.4, -0.2) is 5.71 Å². The summed E-state index contributed by atoms with van der Waals surface area (Å²) in [6, 6.07) is 7.97. The Kier molecular flexibility index (Phi) is 2.26. The van der Waals surface area contributed by atoms with Crippen LogP contribution in [0.3, 0.4) is 0 Å². The molecule has 0 spiro atoms. The van der Waals surface area contributed by atoms with Crippen molar-refractivity contribution in [1.29, 1.82) is 0 Å². The molecule has 0 fully saturated rings. The lowest BCUT2D eigenvalue weighted by Gasteiger charge is -2.16. The highest BCUT2D eigenvalue weighted by molar-refractivity contribution is 6.01. The number of hydrogen-bond acceptors (Lipinski definition) is 1. The van der Waals surface area contributed by atoms with Gasteiger partial charge in [-0.1, -0.05) is 18.2 Å². The molecule has 0 aromatic heterocycles. The molecule has 0 amide bonds. The third kappa shape index (κ3) is 1.85. The van der Waals surface area contributed by atoms with Crippen LogP contribution in [0.25, 0.3) is 6.08 Å². The molecular formula is C15H12NO+. The van der Waals surface area contributed by atoms with Gasteiger partial charge in [0.25, 0.3) is 0 Å². The predicted octanol–water partition coefficient (Wildman–Crippen LogP) is 1.67. The molecule has 0 saturated carbocycles. The maximum atomic E-state index is 5.85. The van der Waals surface area contributed by atoms with E-state index in [-0.39, 0.29) is 0 Å². The Labute approximate surface area is 99.7 Å². The normalized spacial score (nSPS) is 17.1. The molecule has 2 heteroatoms. The molecule has 17 heavy (non-hydrogen) atoms. The van der Waals surface area contributed by atoms with E-state index in [9.17, 15) is 0 Å². The van der Waals surface area contributed by atoms with Gasteiger partial charge in [0.15, 0.2) is 5.71 Å². The fourth-order valence-corrected chi connectivity index (χ4v) is 1.83. The molecule has 0 bridgehead atoms. The Morgan fingerprint density at radius 3 is 2.41 bits per heavy atom. The van der Waals surface area contributed by atoms with E-state index in [0.717, 1.165) is 28.4 Å². The second-order valence-electron chi connectivity index (χ2n) is 3.96. The van der Waals surface area contributed by atoms with Gasteiger partial charge in [0, 0.05) is 23.3 Å². The summed E-state index contributed by atoms with van der Waals surface area (Å²) < 4.78 is 5.85. The zero-order valence-corrected chi connectivity index (χ0v) is 9.26. The van der Waals surface area contributed by atoms with Crippen molar-refractivity contribution < 1.29 is 10.1 Å². The molecule has 2 N–H and O–H groups in total. The van der Waals surface area contributed by atoms with Crippen molar-refractivity contribution in [2.24, 2.45) is 0 Å². The number of para-hydroxylation sites is 1. The summed E-state index contributed by atoms with van der Waals surface area (Å²) in [6.45, 7) is 0. The Bertz CT molecular complexity index is 585. The summed E-state index contributed by atoms with van der Waals surface area (Å²) in [5.74, 6) is 1.74. The van der Waals surface area contributed by atoms with Gasteiger partial charge in [-0.25, -0.2) is 0 Å². The van der Waals surface area contributed by atoms with Crippen molar-refractivity contribution in [1.82, 2.24) is 0 Å². The van der Waals surface area contributed by atoms with Gasteiger partial charge in [-0.05, 0) is 30.4 Å². The van der Waals surface area contributed by atoms with E-state index in [0.29, 0.717) is 0 Å². The molecule has 1 aromatic carbocycles. The highest BCUT2D eigenvalue weighted by Crippen LogP contribution is 2.29. The minimum Gasteiger partial charge on any atom is -0.456 e. The minimum atomic E-state index is 0.759. The predicted molar refractivity (Wildman–Crippen MR) is 68.3 cm³/mol. The van der Waals surface area contributed by atoms with Crippen LogP contribution in [0.5, 0.6) is 5.75 Å². The van der Waals surface area contributed by atoms with Gasteiger partial charge < -0.3 is 4.74 Å². The zero-order chi connectivity index (χ0) is 11.7. The number of nitrogens with two attached hydrogens (primary N) is 1. The maximum absolute atomic E-state index is 5.85. The second-order valence-corrected chi connectivity index (χ2v) is 3.96. The first kappa shape index (κ1) is 9.85. The number of ether oxygens (including phenoxy) is 1.